The molecule has 0 saturated carbocycles. The first-order valence-electron chi connectivity index (χ1n) is 8.34. The summed E-state index contributed by atoms with van der Waals surface area (Å²) in [6.45, 7) is 6.50. The fraction of sp³-hybridized carbons (Fsp3) is 0.111. The number of hydrogen-bond donors (Lipinski definition) is 0. The van der Waals surface area contributed by atoms with Crippen LogP contribution in [-0.2, 0) is 41.7 Å². The molecule has 0 aromatic carbocycles. The van der Waals surface area contributed by atoms with Crippen LogP contribution in [0, 0.1) is 0 Å². The third-order valence-corrected chi connectivity index (χ3v) is 3.20. The van der Waals surface area contributed by atoms with E-state index in [1.807, 2.05) is 0 Å². The Labute approximate surface area is 205 Å². The molecule has 4 aromatic rings. The topological polar surface area (TPSA) is 140 Å². The summed E-state index contributed by atoms with van der Waals surface area (Å²) in [5.74, 6) is -2.74. The molecule has 0 unspecified atom stereocenters. The minimum absolute atomic E-state index is 0. The van der Waals surface area contributed by atoms with E-state index in [2.05, 4.69) is 53.9 Å². The van der Waals surface area contributed by atoms with Gasteiger partial charge in [-0.1, -0.05) is 12.1 Å². The molecule has 0 saturated heterocycles. The van der Waals surface area contributed by atoms with E-state index in [4.69, 9.17) is 9.59 Å². The molecule has 0 spiro atoms. The molecule has 0 N–H and O–H groups in total. The van der Waals surface area contributed by atoms with Crippen LogP contribution in [0.5, 0.6) is 0 Å². The summed E-state index contributed by atoms with van der Waals surface area (Å²) in [6.07, 6.45) is -6.25. The van der Waals surface area contributed by atoms with Crippen molar-refractivity contribution in [1.29, 1.82) is 0 Å². The van der Waals surface area contributed by atoms with Crippen molar-refractivity contribution in [1.82, 2.24) is 40.3 Å². The van der Waals surface area contributed by atoms with Crippen LogP contribution in [0.4, 0.5) is 26.3 Å². The number of pyridine rings is 2. The van der Waals surface area contributed by atoms with Crippen LogP contribution in [0.25, 0.3) is 23.0 Å². The second-order valence-electron chi connectivity index (χ2n) is 5.34. The van der Waals surface area contributed by atoms with Gasteiger partial charge in [-0.3, -0.25) is 33.7 Å². The Morgan fingerprint density at radius 1 is 0.629 bits per heavy atom. The fourth-order valence-electron chi connectivity index (χ4n) is 1.93. The van der Waals surface area contributed by atoms with E-state index in [0.29, 0.717) is 0 Å². The smallest absolute Gasteiger partial charge is 0.545 e. The van der Waals surface area contributed by atoms with E-state index >= 15 is 0 Å². The van der Waals surface area contributed by atoms with E-state index in [-0.39, 0.29) is 42.8 Å². The molecule has 0 amide bonds. The molecule has 4 aromatic heterocycles. The third kappa shape index (κ3) is 9.49. The minimum atomic E-state index is -4.57. The summed E-state index contributed by atoms with van der Waals surface area (Å²) < 4.78 is 72.8. The van der Waals surface area contributed by atoms with Crippen molar-refractivity contribution >= 4 is 13.6 Å². The molecule has 0 aliphatic carbocycles. The molecule has 17 heteroatoms. The molecule has 10 nitrogen and oxygen atoms in total. The summed E-state index contributed by atoms with van der Waals surface area (Å²) in [5.41, 5.74) is 0.529. The molecule has 4 rings (SSSR count). The second kappa shape index (κ2) is 14.4. The molecule has 0 bridgehead atoms. The van der Waals surface area contributed by atoms with Crippen molar-refractivity contribution in [2.45, 2.75) is 12.4 Å². The Morgan fingerprint density at radius 3 is 1.20 bits per heavy atom. The van der Waals surface area contributed by atoms with Crippen LogP contribution in [0.3, 0.4) is 0 Å². The third-order valence-electron chi connectivity index (χ3n) is 3.20. The minimum Gasteiger partial charge on any atom is -0.545 e. The summed E-state index contributed by atoms with van der Waals surface area (Å²) in [5, 5.41) is 12.5. The van der Waals surface area contributed by atoms with Gasteiger partial charge < -0.3 is 29.8 Å². The largest absolute Gasteiger partial charge is 2.00 e. The number of nitrogens with zero attached hydrogens (tertiary/aromatic N) is 8. The van der Waals surface area contributed by atoms with Crippen LogP contribution in [-0.4, -0.2) is 43.7 Å². The van der Waals surface area contributed by atoms with Crippen molar-refractivity contribution in [3.05, 3.63) is 60.4 Å². The summed E-state index contributed by atoms with van der Waals surface area (Å²) in [7, 11) is 0. The summed E-state index contributed by atoms with van der Waals surface area (Å²) in [4.78, 5) is 29.6. The van der Waals surface area contributed by atoms with Crippen molar-refractivity contribution < 1.29 is 55.7 Å². The van der Waals surface area contributed by atoms with E-state index in [1.165, 1.54) is 24.5 Å². The number of rotatable bonds is 2. The van der Waals surface area contributed by atoms with Gasteiger partial charge in [0.05, 0.1) is 11.4 Å². The average molecular weight is 675 g/mol. The SMILES string of the molecule is FC(F)(F)c1n[n-]c(-c2ccccn2)n1.FC(F)(F)c1n[n-]c(-c2ccccn2)n1.[CH-]=O.[CH-]=O.[Os+2]. The van der Waals surface area contributed by atoms with E-state index in [0.717, 1.165) is 0 Å². The van der Waals surface area contributed by atoms with Gasteiger partial charge in [0.2, 0.25) is 0 Å². The van der Waals surface area contributed by atoms with Gasteiger partial charge in [0.25, 0.3) is 0 Å². The van der Waals surface area contributed by atoms with Crippen LogP contribution in [0.2, 0.25) is 0 Å². The Hall–Kier alpha value is -3.86. The summed E-state index contributed by atoms with van der Waals surface area (Å²) >= 11 is 0. The van der Waals surface area contributed by atoms with Crippen molar-refractivity contribution in [3.8, 4) is 23.0 Å². The van der Waals surface area contributed by atoms with Crippen LogP contribution >= 0.6 is 0 Å². The van der Waals surface area contributed by atoms with Gasteiger partial charge >= 0.3 is 32.1 Å². The van der Waals surface area contributed by atoms with Gasteiger partial charge in [-0.05, 0) is 35.9 Å². The van der Waals surface area contributed by atoms with E-state index < -0.39 is 24.0 Å². The van der Waals surface area contributed by atoms with E-state index in [9.17, 15) is 26.3 Å². The van der Waals surface area contributed by atoms with Gasteiger partial charge in [0.15, 0.2) is 0 Å². The number of aromatic nitrogens is 8. The number of halogens is 6. The van der Waals surface area contributed by atoms with Gasteiger partial charge in [-0.25, -0.2) is 0 Å². The van der Waals surface area contributed by atoms with Crippen LogP contribution in [0.1, 0.15) is 11.6 Å². The maximum absolute atomic E-state index is 12.1. The Balaban J connectivity index is 0.000000565. The standard InChI is InChI=1S/2C8H4F3N4.2CHO.Os/c2*9-8(10,11)7-13-6(14-15-7)5-3-1-2-4-12-5;2*1-2;/h2*1-4H;2*1H;/q4*-1;+2. The molecule has 0 radical (unpaired) electrons. The Morgan fingerprint density at radius 2 is 0.971 bits per heavy atom. The zero-order valence-corrected chi connectivity index (χ0v) is 19.3. The first-order valence-corrected chi connectivity index (χ1v) is 8.34. The maximum Gasteiger partial charge on any atom is 2.00 e. The molecule has 0 aliphatic heterocycles. The monoisotopic (exact) mass is 676 g/mol. The molecular weight excluding hydrogens is 664 g/mol. The fourth-order valence-corrected chi connectivity index (χ4v) is 1.93. The molecule has 35 heavy (non-hydrogen) atoms. The molecule has 0 atom stereocenters. The van der Waals surface area contributed by atoms with Gasteiger partial charge in [0, 0.05) is 12.4 Å². The number of hydrogen-bond acceptors (Lipinski definition) is 8. The first-order chi connectivity index (χ1) is 16.1. The molecular formula is C18H10F6N8O2Os-2. The van der Waals surface area contributed by atoms with Gasteiger partial charge in [-0.15, -0.1) is 0 Å². The van der Waals surface area contributed by atoms with Crippen molar-refractivity contribution in [2.75, 3.05) is 0 Å². The number of alkyl halides is 6. The predicted octanol–water partition coefficient (Wildman–Crippen LogP) is 2.48. The van der Waals surface area contributed by atoms with Crippen LogP contribution in [0.15, 0.2) is 48.8 Å². The quantitative estimate of drug-likeness (QED) is 0.177. The normalized spacial score (nSPS) is 10.2. The Bertz CT molecular complexity index is 1030. The molecule has 4 heterocycles. The van der Waals surface area contributed by atoms with Crippen LogP contribution < -0.4 is 10.2 Å². The maximum atomic E-state index is 12.1. The molecule has 186 valence electrons. The van der Waals surface area contributed by atoms with Gasteiger partial charge in [0.1, 0.15) is 11.6 Å². The summed E-state index contributed by atoms with van der Waals surface area (Å²) in [6, 6.07) is 9.57. The van der Waals surface area contributed by atoms with Crippen molar-refractivity contribution in [2.24, 2.45) is 0 Å². The number of carbonyl (C=O) groups excluding carboxylic acids is 2. The molecule has 0 fully saturated rings. The van der Waals surface area contributed by atoms with Gasteiger partial charge in [-0.2, -0.15) is 26.3 Å². The first kappa shape index (κ1) is 31.1. The zero-order chi connectivity index (χ0) is 25.8. The zero-order valence-electron chi connectivity index (χ0n) is 16.8. The van der Waals surface area contributed by atoms with E-state index in [1.54, 1.807) is 24.3 Å². The van der Waals surface area contributed by atoms with Crippen molar-refractivity contribution in [3.63, 3.8) is 0 Å². The average Bonchev–Trinajstić information content (AvgIpc) is 3.54. The predicted molar refractivity (Wildman–Crippen MR) is 101 cm³/mol. The Kier molecular flexibility index (Phi) is 12.8. The second-order valence-corrected chi connectivity index (χ2v) is 5.34. The molecule has 0 aliphatic rings.